The van der Waals surface area contributed by atoms with E-state index in [0.29, 0.717) is 11.8 Å². The van der Waals surface area contributed by atoms with E-state index in [2.05, 4.69) is 57.3 Å². The summed E-state index contributed by atoms with van der Waals surface area (Å²) in [5, 5.41) is 12.2. The van der Waals surface area contributed by atoms with Crippen molar-refractivity contribution < 1.29 is 9.84 Å². The van der Waals surface area contributed by atoms with Crippen LogP contribution >= 0.6 is 0 Å². The second kappa shape index (κ2) is 6.59. The minimum Gasteiger partial charge on any atom is -0.396 e. The number of benzene rings is 2. The van der Waals surface area contributed by atoms with Gasteiger partial charge >= 0.3 is 0 Å². The normalized spacial score (nSPS) is 30.9. The fourth-order valence-corrected chi connectivity index (χ4v) is 5.91. The van der Waals surface area contributed by atoms with Crippen molar-refractivity contribution in [3.8, 4) is 11.4 Å². The predicted octanol–water partition coefficient (Wildman–Crippen LogP) is 3.27. The van der Waals surface area contributed by atoms with Crippen molar-refractivity contribution in [1.29, 1.82) is 0 Å². The molecule has 3 aromatic rings. The van der Waals surface area contributed by atoms with Crippen LogP contribution in [0.3, 0.4) is 0 Å². The molecule has 5 heteroatoms. The van der Waals surface area contributed by atoms with Crippen molar-refractivity contribution >= 4 is 10.8 Å². The fourth-order valence-electron chi connectivity index (χ4n) is 5.91. The molecule has 3 fully saturated rings. The highest BCUT2D eigenvalue weighted by Crippen LogP contribution is 2.54. The Morgan fingerprint density at radius 3 is 2.79 bits per heavy atom. The lowest BCUT2D eigenvalue weighted by atomic mass is 9.74. The molecular weight excluding hydrogens is 362 g/mol. The SMILES string of the molecule is OC[C@H]1[C@H]2CN(Cc3cnc(-c4cccc5ccccc45)nc3)C[C@]23CC[C@H]1O3. The van der Waals surface area contributed by atoms with Crippen LogP contribution in [0.15, 0.2) is 54.9 Å². The molecule has 3 aliphatic rings. The molecule has 6 rings (SSSR count). The van der Waals surface area contributed by atoms with E-state index in [1.165, 1.54) is 10.8 Å². The molecular formula is C24H25N3O2. The van der Waals surface area contributed by atoms with Crippen molar-refractivity contribution in [2.45, 2.75) is 31.1 Å². The van der Waals surface area contributed by atoms with E-state index in [0.717, 1.165) is 49.4 Å². The lowest BCUT2D eigenvalue weighted by Crippen LogP contribution is -2.37. The van der Waals surface area contributed by atoms with Gasteiger partial charge < -0.3 is 9.84 Å². The van der Waals surface area contributed by atoms with Gasteiger partial charge in [-0.05, 0) is 23.6 Å². The first-order valence-electron chi connectivity index (χ1n) is 10.6. The number of hydrogen-bond acceptors (Lipinski definition) is 5. The minimum atomic E-state index is -0.0260. The van der Waals surface area contributed by atoms with Crippen LogP contribution in [0, 0.1) is 11.8 Å². The summed E-state index contributed by atoms with van der Waals surface area (Å²) in [5.74, 6) is 1.53. The van der Waals surface area contributed by atoms with Crippen LogP contribution in [0.25, 0.3) is 22.2 Å². The molecule has 148 valence electrons. The molecule has 4 heterocycles. The van der Waals surface area contributed by atoms with Gasteiger partial charge in [0.1, 0.15) is 0 Å². The Bertz CT molecular complexity index is 1050. The summed E-state index contributed by atoms with van der Waals surface area (Å²) >= 11 is 0. The van der Waals surface area contributed by atoms with Gasteiger partial charge in [0.15, 0.2) is 5.82 Å². The van der Waals surface area contributed by atoms with E-state index < -0.39 is 0 Å². The molecule has 0 radical (unpaired) electrons. The number of ether oxygens (including phenoxy) is 1. The Balaban J connectivity index is 1.21. The Morgan fingerprint density at radius 2 is 1.93 bits per heavy atom. The summed E-state index contributed by atoms with van der Waals surface area (Å²) in [6.07, 6.45) is 6.41. The average Bonchev–Trinajstić information content (AvgIpc) is 3.41. The highest BCUT2D eigenvalue weighted by Gasteiger charge is 2.62. The van der Waals surface area contributed by atoms with Crippen LogP contribution in [0.4, 0.5) is 0 Å². The average molecular weight is 387 g/mol. The first-order valence-corrected chi connectivity index (χ1v) is 10.6. The first-order chi connectivity index (χ1) is 14.3. The molecule has 4 atom stereocenters. The molecule has 3 aliphatic heterocycles. The van der Waals surface area contributed by atoms with Gasteiger partial charge in [0.2, 0.25) is 0 Å². The summed E-state index contributed by atoms with van der Waals surface area (Å²) < 4.78 is 6.34. The van der Waals surface area contributed by atoms with Gasteiger partial charge in [-0.3, -0.25) is 4.90 Å². The molecule has 0 aliphatic carbocycles. The largest absolute Gasteiger partial charge is 0.396 e. The third-order valence-electron chi connectivity index (χ3n) is 7.21. The second-order valence-electron chi connectivity index (χ2n) is 8.82. The van der Waals surface area contributed by atoms with Gasteiger partial charge in [-0.25, -0.2) is 9.97 Å². The molecule has 2 aromatic carbocycles. The molecule has 0 saturated carbocycles. The molecule has 1 spiro atoms. The van der Waals surface area contributed by atoms with Crippen molar-refractivity contribution in [1.82, 2.24) is 14.9 Å². The molecule has 0 amide bonds. The third-order valence-corrected chi connectivity index (χ3v) is 7.21. The van der Waals surface area contributed by atoms with Gasteiger partial charge in [0.25, 0.3) is 0 Å². The monoisotopic (exact) mass is 387 g/mol. The Hall–Kier alpha value is -2.34. The number of likely N-dealkylation sites (tertiary alicyclic amines) is 1. The van der Waals surface area contributed by atoms with Crippen LogP contribution in [0.2, 0.25) is 0 Å². The van der Waals surface area contributed by atoms with Gasteiger partial charge in [0, 0.05) is 61.6 Å². The van der Waals surface area contributed by atoms with Crippen molar-refractivity contribution in [2.75, 3.05) is 19.7 Å². The van der Waals surface area contributed by atoms with Crippen LogP contribution in [-0.2, 0) is 11.3 Å². The summed E-state index contributed by atoms with van der Waals surface area (Å²) in [4.78, 5) is 11.8. The van der Waals surface area contributed by atoms with Crippen LogP contribution in [0.5, 0.6) is 0 Å². The van der Waals surface area contributed by atoms with E-state index in [1.807, 2.05) is 12.4 Å². The van der Waals surface area contributed by atoms with Gasteiger partial charge in [-0.2, -0.15) is 0 Å². The van der Waals surface area contributed by atoms with E-state index in [4.69, 9.17) is 4.74 Å². The predicted molar refractivity (Wildman–Crippen MR) is 111 cm³/mol. The zero-order chi connectivity index (χ0) is 19.4. The fraction of sp³-hybridized carbons (Fsp3) is 0.417. The Kier molecular flexibility index (Phi) is 3.98. The van der Waals surface area contributed by atoms with Crippen LogP contribution < -0.4 is 0 Å². The number of aliphatic hydroxyl groups is 1. The summed E-state index contributed by atoms with van der Waals surface area (Å²) in [5.41, 5.74) is 2.17. The maximum atomic E-state index is 9.80. The maximum Gasteiger partial charge on any atom is 0.159 e. The van der Waals surface area contributed by atoms with Gasteiger partial charge in [0.05, 0.1) is 11.7 Å². The number of aromatic nitrogens is 2. The van der Waals surface area contributed by atoms with Gasteiger partial charge in [-0.15, -0.1) is 0 Å². The quantitative estimate of drug-likeness (QED) is 0.745. The minimum absolute atomic E-state index is 0.0260. The lowest BCUT2D eigenvalue weighted by Gasteiger charge is -2.28. The Morgan fingerprint density at radius 1 is 1.10 bits per heavy atom. The van der Waals surface area contributed by atoms with Crippen molar-refractivity contribution in [2.24, 2.45) is 11.8 Å². The number of fused-ring (bicyclic) bond motifs is 2. The molecule has 5 nitrogen and oxygen atoms in total. The number of nitrogens with zero attached hydrogens (tertiary/aromatic N) is 3. The Labute approximate surface area is 170 Å². The molecule has 0 unspecified atom stereocenters. The number of hydrogen-bond donors (Lipinski definition) is 1. The van der Waals surface area contributed by atoms with E-state index in [1.54, 1.807) is 0 Å². The van der Waals surface area contributed by atoms with E-state index >= 15 is 0 Å². The maximum absolute atomic E-state index is 9.80. The van der Waals surface area contributed by atoms with Crippen LogP contribution in [-0.4, -0.2) is 51.4 Å². The highest BCUT2D eigenvalue weighted by atomic mass is 16.5. The molecule has 2 bridgehead atoms. The van der Waals surface area contributed by atoms with Crippen molar-refractivity contribution in [3.05, 3.63) is 60.4 Å². The summed E-state index contributed by atoms with van der Waals surface area (Å²) in [7, 11) is 0. The molecule has 29 heavy (non-hydrogen) atoms. The highest BCUT2D eigenvalue weighted by molar-refractivity contribution is 5.94. The zero-order valence-corrected chi connectivity index (χ0v) is 16.4. The lowest BCUT2D eigenvalue weighted by molar-refractivity contribution is 0.000365. The number of aliphatic hydroxyl groups excluding tert-OH is 1. The molecule has 1 N–H and O–H groups in total. The summed E-state index contributed by atoms with van der Waals surface area (Å²) in [6.45, 7) is 3.02. The van der Waals surface area contributed by atoms with E-state index in [9.17, 15) is 5.11 Å². The number of rotatable bonds is 4. The van der Waals surface area contributed by atoms with Crippen molar-refractivity contribution in [3.63, 3.8) is 0 Å². The van der Waals surface area contributed by atoms with E-state index in [-0.39, 0.29) is 18.3 Å². The molecule has 1 aromatic heterocycles. The standard InChI is InChI=1S/C24H25N3O2/c28-14-20-21-13-27(15-24(21)9-8-22(20)29-24)12-16-10-25-23(26-11-16)19-7-3-5-17-4-1-2-6-18(17)19/h1-7,10-11,20-22,28H,8-9,12-15H2/t20-,21+,22+,24+/m0/s1. The molecule has 3 saturated heterocycles. The first kappa shape index (κ1) is 17.5. The van der Waals surface area contributed by atoms with Crippen LogP contribution in [0.1, 0.15) is 18.4 Å². The summed E-state index contributed by atoms with van der Waals surface area (Å²) in [6, 6.07) is 14.6. The zero-order valence-electron chi connectivity index (χ0n) is 16.4. The second-order valence-corrected chi connectivity index (χ2v) is 8.82. The third kappa shape index (κ3) is 2.72. The smallest absolute Gasteiger partial charge is 0.159 e. The topological polar surface area (TPSA) is 58.5 Å². The van der Waals surface area contributed by atoms with Gasteiger partial charge in [-0.1, -0.05) is 42.5 Å².